The van der Waals surface area contributed by atoms with Gasteiger partial charge in [-0.2, -0.15) is 0 Å². The Hall–Kier alpha value is 0.280. The van der Waals surface area contributed by atoms with Crippen molar-refractivity contribution in [2.75, 3.05) is 0 Å². The zero-order valence-electron chi connectivity index (χ0n) is 6.43. The second kappa shape index (κ2) is 3.34. The van der Waals surface area contributed by atoms with Gasteiger partial charge < -0.3 is 4.52 Å². The molecule has 6 heteroatoms. The molecule has 0 saturated carbocycles. The average Bonchev–Trinajstić information content (AvgIpc) is 1.56. The largest absolute Gasteiger partial charge is 0.430 e. The van der Waals surface area contributed by atoms with Gasteiger partial charge in [0.2, 0.25) is 0 Å². The van der Waals surface area contributed by atoms with E-state index in [1.807, 2.05) is 0 Å². The lowest BCUT2D eigenvalue weighted by atomic mass is 9.98. The van der Waals surface area contributed by atoms with E-state index in [0.717, 1.165) is 0 Å². The molecule has 0 aromatic heterocycles. The minimum atomic E-state index is -3.72. The molecule has 0 N–H and O–H groups in total. The molecule has 3 nitrogen and oxygen atoms in total. The molecule has 0 amide bonds. The monoisotopic (exact) mass is 218 g/mol. The fourth-order valence-corrected chi connectivity index (χ4v) is 1.08. The van der Waals surface area contributed by atoms with E-state index in [-0.39, 0.29) is 0 Å². The molecule has 0 rings (SSSR count). The number of rotatable bonds is 1. The first-order chi connectivity index (χ1) is 4.63. The summed E-state index contributed by atoms with van der Waals surface area (Å²) in [6, 6.07) is 0. The summed E-state index contributed by atoms with van der Waals surface area (Å²) >= 11 is 10.0. The maximum Gasteiger partial charge on any atom is 0.430 e. The number of hydrogen-bond donors (Lipinski definition) is 0. The molecule has 0 saturated heterocycles. The summed E-state index contributed by atoms with van der Waals surface area (Å²) in [5, 5.41) is 0. The van der Waals surface area contributed by atoms with Gasteiger partial charge in [0.1, 0.15) is 0 Å². The first-order valence-electron chi connectivity index (χ1n) is 2.86. The van der Waals surface area contributed by atoms with E-state index in [2.05, 4.69) is 4.52 Å². The van der Waals surface area contributed by atoms with Gasteiger partial charge in [-0.1, -0.05) is 0 Å². The molecule has 0 aromatic carbocycles. The molecule has 0 aromatic rings. The van der Waals surface area contributed by atoms with Gasteiger partial charge in [0, 0.05) is 22.5 Å². The molecular formula is C5H9Cl2O3P. The third kappa shape index (κ3) is 5.54. The van der Waals surface area contributed by atoms with Crippen molar-refractivity contribution < 1.29 is 13.9 Å². The SMILES string of the molecule is CC(C)(C)C(=O)OP(=O)(Cl)Cl. The third-order valence-electron chi connectivity index (χ3n) is 0.802. The molecule has 0 aliphatic rings. The van der Waals surface area contributed by atoms with Crippen molar-refractivity contribution in [3.63, 3.8) is 0 Å². The summed E-state index contributed by atoms with van der Waals surface area (Å²) in [6.07, 6.45) is -3.72. The van der Waals surface area contributed by atoms with Crippen molar-refractivity contribution in [1.82, 2.24) is 0 Å². The van der Waals surface area contributed by atoms with Gasteiger partial charge in [-0.25, -0.2) is 4.57 Å². The molecule has 0 aliphatic heterocycles. The summed E-state index contributed by atoms with van der Waals surface area (Å²) in [5.74, 6) is -0.675. The van der Waals surface area contributed by atoms with Gasteiger partial charge in [0.05, 0.1) is 5.41 Å². The quantitative estimate of drug-likeness (QED) is 0.636. The Balaban J connectivity index is 4.23. The van der Waals surface area contributed by atoms with E-state index >= 15 is 0 Å². The van der Waals surface area contributed by atoms with Crippen LogP contribution in [0.1, 0.15) is 20.8 Å². The molecule has 0 bridgehead atoms. The Morgan fingerprint density at radius 1 is 1.36 bits per heavy atom. The van der Waals surface area contributed by atoms with E-state index in [4.69, 9.17) is 22.5 Å². The van der Waals surface area contributed by atoms with Crippen LogP contribution in [0, 0.1) is 5.41 Å². The highest BCUT2D eigenvalue weighted by Gasteiger charge is 2.29. The first kappa shape index (κ1) is 11.3. The molecule has 66 valence electrons. The van der Waals surface area contributed by atoms with Crippen LogP contribution in [-0.4, -0.2) is 5.97 Å². The Morgan fingerprint density at radius 2 is 1.73 bits per heavy atom. The zero-order chi connectivity index (χ0) is 9.28. The molecule has 11 heavy (non-hydrogen) atoms. The number of halogens is 2. The van der Waals surface area contributed by atoms with Crippen molar-refractivity contribution in [3.8, 4) is 0 Å². The van der Waals surface area contributed by atoms with Crippen LogP contribution >= 0.6 is 28.6 Å². The maximum absolute atomic E-state index is 10.9. The van der Waals surface area contributed by atoms with E-state index in [1.165, 1.54) is 0 Å². The molecule has 0 radical (unpaired) electrons. The minimum absolute atomic E-state index is 0.675. The van der Waals surface area contributed by atoms with Crippen LogP contribution in [0.25, 0.3) is 0 Å². The van der Waals surface area contributed by atoms with Crippen molar-refractivity contribution in [3.05, 3.63) is 0 Å². The standard InChI is InChI=1S/C5H9Cl2O3P/c1-5(2,3)4(8)10-11(6,7)9/h1-3H3. The summed E-state index contributed by atoms with van der Waals surface area (Å²) < 4.78 is 14.8. The van der Waals surface area contributed by atoms with Crippen LogP contribution in [0.5, 0.6) is 0 Å². The van der Waals surface area contributed by atoms with Crippen LogP contribution < -0.4 is 0 Å². The highest BCUT2D eigenvalue weighted by atomic mass is 35.9. The van der Waals surface area contributed by atoms with Gasteiger partial charge in [0.15, 0.2) is 0 Å². The lowest BCUT2D eigenvalue weighted by molar-refractivity contribution is -0.142. The minimum Gasteiger partial charge on any atom is -0.389 e. The van der Waals surface area contributed by atoms with Gasteiger partial charge >= 0.3 is 12.0 Å². The lowest BCUT2D eigenvalue weighted by Gasteiger charge is -2.16. The summed E-state index contributed by atoms with van der Waals surface area (Å²) in [4.78, 5) is 10.9. The predicted molar refractivity (Wildman–Crippen MR) is 44.9 cm³/mol. The Bertz CT molecular complexity index is 202. The molecule has 0 fully saturated rings. The van der Waals surface area contributed by atoms with E-state index < -0.39 is 17.5 Å². The topological polar surface area (TPSA) is 43.4 Å². The lowest BCUT2D eigenvalue weighted by Crippen LogP contribution is -2.20. The van der Waals surface area contributed by atoms with Crippen LogP contribution in [0.3, 0.4) is 0 Å². The third-order valence-corrected chi connectivity index (χ3v) is 1.59. The average molecular weight is 219 g/mol. The molecule has 0 heterocycles. The van der Waals surface area contributed by atoms with Crippen LogP contribution in [-0.2, 0) is 13.9 Å². The highest BCUT2D eigenvalue weighted by Crippen LogP contribution is 2.58. The van der Waals surface area contributed by atoms with Crippen molar-refractivity contribution in [2.24, 2.45) is 5.41 Å². The Kier molecular flexibility index (Phi) is 3.43. The van der Waals surface area contributed by atoms with Crippen LogP contribution in [0.15, 0.2) is 0 Å². The molecule has 0 atom stereocenters. The summed E-state index contributed by atoms with van der Waals surface area (Å²) in [6.45, 7) is 4.83. The zero-order valence-corrected chi connectivity index (χ0v) is 8.83. The molecule has 0 unspecified atom stereocenters. The smallest absolute Gasteiger partial charge is 0.389 e. The normalized spacial score (nSPS) is 12.8. The number of carbonyl (C=O) groups is 1. The highest BCUT2D eigenvalue weighted by molar-refractivity contribution is 8.05. The molecule has 0 spiro atoms. The predicted octanol–water partition coefficient (Wildman–Crippen LogP) is 3.16. The fraction of sp³-hybridized carbons (Fsp3) is 0.800. The second-order valence-electron chi connectivity index (χ2n) is 3.04. The van der Waals surface area contributed by atoms with E-state index in [0.29, 0.717) is 0 Å². The van der Waals surface area contributed by atoms with E-state index in [1.54, 1.807) is 20.8 Å². The van der Waals surface area contributed by atoms with Gasteiger partial charge in [0.25, 0.3) is 0 Å². The van der Waals surface area contributed by atoms with Gasteiger partial charge in [-0.15, -0.1) is 0 Å². The molecule has 0 aliphatic carbocycles. The van der Waals surface area contributed by atoms with Crippen molar-refractivity contribution in [1.29, 1.82) is 0 Å². The summed E-state index contributed by atoms with van der Waals surface area (Å²) in [7, 11) is 0. The first-order valence-corrected chi connectivity index (χ1v) is 6.30. The Morgan fingerprint density at radius 3 is 1.82 bits per heavy atom. The number of carbonyl (C=O) groups excluding carboxylic acids is 1. The van der Waals surface area contributed by atoms with Crippen molar-refractivity contribution >= 4 is 34.5 Å². The maximum atomic E-state index is 10.9. The Labute approximate surface area is 75.0 Å². The second-order valence-corrected chi connectivity index (χ2v) is 7.24. The van der Waals surface area contributed by atoms with Crippen LogP contribution in [0.2, 0.25) is 0 Å². The fourth-order valence-electron chi connectivity index (χ4n) is 0.233. The van der Waals surface area contributed by atoms with Gasteiger partial charge in [-0.05, 0) is 20.8 Å². The van der Waals surface area contributed by atoms with Gasteiger partial charge in [-0.3, -0.25) is 4.79 Å². The molecular weight excluding hydrogens is 210 g/mol. The summed E-state index contributed by atoms with van der Waals surface area (Å²) in [5.41, 5.74) is -0.737. The van der Waals surface area contributed by atoms with E-state index in [9.17, 15) is 9.36 Å². The van der Waals surface area contributed by atoms with Crippen molar-refractivity contribution in [2.45, 2.75) is 20.8 Å². The van der Waals surface area contributed by atoms with Crippen LogP contribution in [0.4, 0.5) is 0 Å². The number of hydrogen-bond acceptors (Lipinski definition) is 3.